The minimum absolute atomic E-state index is 0.369. The van der Waals surface area contributed by atoms with Gasteiger partial charge in [-0.1, -0.05) is 18.2 Å². The minimum atomic E-state index is -0.369. The Bertz CT molecular complexity index is 767. The average molecular weight is 264 g/mol. The van der Waals surface area contributed by atoms with Crippen LogP contribution in [0.15, 0.2) is 48.8 Å². The number of aryl methyl sites for hydroxylation is 1. The van der Waals surface area contributed by atoms with Crippen LogP contribution in [0.1, 0.15) is 22.9 Å². The molecule has 1 atom stereocenters. The fourth-order valence-electron chi connectivity index (χ4n) is 2.37. The van der Waals surface area contributed by atoms with Crippen molar-refractivity contribution in [2.75, 3.05) is 5.73 Å². The van der Waals surface area contributed by atoms with Crippen LogP contribution in [-0.2, 0) is 0 Å². The maximum Gasteiger partial charge on any atom is 0.0762 e. The van der Waals surface area contributed by atoms with Crippen LogP contribution in [0.25, 0.3) is 10.9 Å². The topological polar surface area (TPSA) is 77.8 Å². The second kappa shape index (κ2) is 4.90. The Morgan fingerprint density at radius 1 is 1.15 bits per heavy atom. The molecule has 0 aliphatic heterocycles. The van der Waals surface area contributed by atoms with Crippen molar-refractivity contribution in [1.29, 1.82) is 0 Å². The molecule has 1 unspecified atom stereocenters. The van der Waals surface area contributed by atoms with Gasteiger partial charge in [0.15, 0.2) is 0 Å². The summed E-state index contributed by atoms with van der Waals surface area (Å²) in [7, 11) is 0. The number of benzene rings is 1. The van der Waals surface area contributed by atoms with Gasteiger partial charge in [0.1, 0.15) is 0 Å². The minimum Gasteiger partial charge on any atom is -0.398 e. The maximum atomic E-state index is 6.29. The van der Waals surface area contributed by atoms with Crippen LogP contribution in [0.5, 0.6) is 0 Å². The highest BCUT2D eigenvalue weighted by atomic mass is 14.8. The molecule has 2 heterocycles. The Labute approximate surface area is 117 Å². The highest BCUT2D eigenvalue weighted by molar-refractivity contribution is 5.82. The molecule has 0 aliphatic carbocycles. The van der Waals surface area contributed by atoms with E-state index < -0.39 is 0 Å². The van der Waals surface area contributed by atoms with Crippen molar-refractivity contribution in [2.24, 2.45) is 5.73 Å². The third kappa shape index (κ3) is 2.10. The van der Waals surface area contributed by atoms with Crippen LogP contribution in [0.2, 0.25) is 0 Å². The third-order valence-electron chi connectivity index (χ3n) is 3.48. The van der Waals surface area contributed by atoms with Gasteiger partial charge in [0, 0.05) is 29.0 Å². The van der Waals surface area contributed by atoms with Gasteiger partial charge in [0.05, 0.1) is 17.3 Å². The van der Waals surface area contributed by atoms with E-state index in [4.69, 9.17) is 11.5 Å². The van der Waals surface area contributed by atoms with Crippen molar-refractivity contribution in [3.8, 4) is 0 Å². The van der Waals surface area contributed by atoms with Crippen molar-refractivity contribution >= 4 is 16.6 Å². The van der Waals surface area contributed by atoms with E-state index in [1.54, 1.807) is 18.5 Å². The summed E-state index contributed by atoms with van der Waals surface area (Å²) in [6.07, 6.45) is 3.36. The van der Waals surface area contributed by atoms with Crippen molar-refractivity contribution < 1.29 is 0 Å². The van der Waals surface area contributed by atoms with Crippen molar-refractivity contribution in [2.45, 2.75) is 13.0 Å². The smallest absolute Gasteiger partial charge is 0.0762 e. The third-order valence-corrected chi connectivity index (χ3v) is 3.48. The fraction of sp³-hybridized carbons (Fsp3) is 0.125. The SMILES string of the molecule is Cc1cc(C(N)c2cnccc2N)nc2ccccc12. The lowest BCUT2D eigenvalue weighted by Gasteiger charge is -2.15. The quantitative estimate of drug-likeness (QED) is 0.745. The molecule has 0 spiro atoms. The standard InChI is InChI=1S/C16H16N4/c1-10-8-15(20-14-5-3-2-4-11(10)14)16(18)12-9-19-7-6-13(12)17/h2-9,16H,18H2,1H3,(H2,17,19). The second-order valence-corrected chi connectivity index (χ2v) is 4.86. The summed E-state index contributed by atoms with van der Waals surface area (Å²) in [6, 6.07) is 11.4. The molecule has 4 N–H and O–H groups in total. The van der Waals surface area contributed by atoms with Gasteiger partial charge in [-0.3, -0.25) is 9.97 Å². The van der Waals surface area contributed by atoms with E-state index in [9.17, 15) is 0 Å². The normalized spacial score (nSPS) is 12.5. The molecular weight excluding hydrogens is 248 g/mol. The molecule has 4 heteroatoms. The van der Waals surface area contributed by atoms with E-state index in [1.807, 2.05) is 24.3 Å². The number of pyridine rings is 2. The zero-order chi connectivity index (χ0) is 14.1. The van der Waals surface area contributed by atoms with Crippen LogP contribution in [0, 0.1) is 6.92 Å². The van der Waals surface area contributed by atoms with Gasteiger partial charge < -0.3 is 11.5 Å². The van der Waals surface area contributed by atoms with Crippen molar-refractivity contribution in [1.82, 2.24) is 9.97 Å². The number of fused-ring (bicyclic) bond motifs is 1. The van der Waals surface area contributed by atoms with Crippen LogP contribution in [-0.4, -0.2) is 9.97 Å². The maximum absolute atomic E-state index is 6.29. The van der Waals surface area contributed by atoms with Crippen LogP contribution >= 0.6 is 0 Å². The first kappa shape index (κ1) is 12.6. The molecule has 1 aromatic carbocycles. The lowest BCUT2D eigenvalue weighted by molar-refractivity contribution is 0.830. The number of nitrogens with zero attached hydrogens (tertiary/aromatic N) is 2. The molecule has 0 bridgehead atoms. The molecule has 20 heavy (non-hydrogen) atoms. The first-order chi connectivity index (χ1) is 9.66. The summed E-state index contributed by atoms with van der Waals surface area (Å²) in [6.45, 7) is 2.06. The molecule has 0 saturated carbocycles. The Hall–Kier alpha value is -2.46. The van der Waals surface area contributed by atoms with Crippen LogP contribution in [0.4, 0.5) is 5.69 Å². The number of aromatic nitrogens is 2. The van der Waals surface area contributed by atoms with Gasteiger partial charge in [-0.2, -0.15) is 0 Å². The number of nitrogen functional groups attached to an aromatic ring is 1. The average Bonchev–Trinajstić information content (AvgIpc) is 2.47. The van der Waals surface area contributed by atoms with E-state index in [0.717, 1.165) is 27.7 Å². The van der Waals surface area contributed by atoms with Crippen molar-refractivity contribution in [3.05, 3.63) is 65.6 Å². The summed E-state index contributed by atoms with van der Waals surface area (Å²) in [5, 5.41) is 1.14. The molecule has 2 aromatic heterocycles. The summed E-state index contributed by atoms with van der Waals surface area (Å²) >= 11 is 0. The van der Waals surface area contributed by atoms with Gasteiger partial charge in [-0.25, -0.2) is 0 Å². The lowest BCUT2D eigenvalue weighted by atomic mass is 10.0. The van der Waals surface area contributed by atoms with Crippen LogP contribution in [0.3, 0.4) is 0 Å². The summed E-state index contributed by atoms with van der Waals surface area (Å²) < 4.78 is 0. The van der Waals surface area contributed by atoms with Gasteiger partial charge in [-0.15, -0.1) is 0 Å². The first-order valence-corrected chi connectivity index (χ1v) is 6.48. The summed E-state index contributed by atoms with van der Waals surface area (Å²) in [5.41, 5.74) is 16.6. The predicted octanol–water partition coefficient (Wildman–Crippen LogP) is 2.57. The number of nitrogens with two attached hydrogens (primary N) is 2. The molecule has 3 aromatic rings. The largest absolute Gasteiger partial charge is 0.398 e. The molecule has 0 amide bonds. The zero-order valence-electron chi connectivity index (χ0n) is 11.2. The predicted molar refractivity (Wildman–Crippen MR) is 81.2 cm³/mol. The van der Waals surface area contributed by atoms with Gasteiger partial charge in [0.2, 0.25) is 0 Å². The highest BCUT2D eigenvalue weighted by Gasteiger charge is 2.15. The van der Waals surface area contributed by atoms with Gasteiger partial charge >= 0.3 is 0 Å². The molecule has 4 nitrogen and oxygen atoms in total. The molecule has 0 saturated heterocycles. The molecule has 3 rings (SSSR count). The molecule has 0 fully saturated rings. The van der Waals surface area contributed by atoms with E-state index in [-0.39, 0.29) is 6.04 Å². The molecular formula is C16H16N4. The Kier molecular flexibility index (Phi) is 3.08. The highest BCUT2D eigenvalue weighted by Crippen LogP contribution is 2.26. The van der Waals surface area contributed by atoms with E-state index >= 15 is 0 Å². The van der Waals surface area contributed by atoms with E-state index in [0.29, 0.717) is 5.69 Å². The Balaban J connectivity index is 2.13. The molecule has 100 valence electrons. The summed E-state index contributed by atoms with van der Waals surface area (Å²) in [4.78, 5) is 8.73. The van der Waals surface area contributed by atoms with Crippen LogP contribution < -0.4 is 11.5 Å². The fourth-order valence-corrected chi connectivity index (χ4v) is 2.37. The number of para-hydroxylation sites is 1. The number of hydrogen-bond donors (Lipinski definition) is 2. The first-order valence-electron chi connectivity index (χ1n) is 6.48. The Morgan fingerprint density at radius 2 is 1.95 bits per heavy atom. The number of anilines is 1. The second-order valence-electron chi connectivity index (χ2n) is 4.86. The zero-order valence-corrected chi connectivity index (χ0v) is 11.2. The van der Waals surface area contributed by atoms with Crippen molar-refractivity contribution in [3.63, 3.8) is 0 Å². The molecule has 0 radical (unpaired) electrons. The number of hydrogen-bond acceptors (Lipinski definition) is 4. The monoisotopic (exact) mass is 264 g/mol. The van der Waals surface area contributed by atoms with E-state index in [2.05, 4.69) is 23.0 Å². The Morgan fingerprint density at radius 3 is 2.75 bits per heavy atom. The lowest BCUT2D eigenvalue weighted by Crippen LogP contribution is -2.16. The van der Waals surface area contributed by atoms with Gasteiger partial charge in [0.25, 0.3) is 0 Å². The van der Waals surface area contributed by atoms with E-state index in [1.165, 1.54) is 0 Å². The van der Waals surface area contributed by atoms with Gasteiger partial charge in [-0.05, 0) is 30.7 Å². The summed E-state index contributed by atoms with van der Waals surface area (Å²) in [5.74, 6) is 0. The molecule has 0 aliphatic rings. The number of rotatable bonds is 2.